The van der Waals surface area contributed by atoms with E-state index in [0.717, 1.165) is 0 Å². The first kappa shape index (κ1) is 23.2. The molecule has 6 nitrogen and oxygen atoms in total. The number of alkyl halides is 3. The molecule has 0 aromatic rings. The van der Waals surface area contributed by atoms with Gasteiger partial charge in [0.2, 0.25) is 0 Å². The van der Waals surface area contributed by atoms with Crippen molar-refractivity contribution in [2.45, 2.75) is 73.2 Å². The fourth-order valence-electron chi connectivity index (χ4n) is 7.83. The van der Waals surface area contributed by atoms with Crippen molar-refractivity contribution >= 4 is 43.4 Å². The van der Waals surface area contributed by atoms with E-state index < -0.39 is 62.3 Å². The van der Waals surface area contributed by atoms with Crippen LogP contribution in [-0.2, 0) is 9.59 Å². The van der Waals surface area contributed by atoms with Crippen molar-refractivity contribution in [2.75, 3.05) is 6.61 Å². The molecule has 4 N–H and O–H groups in total. The van der Waals surface area contributed by atoms with Crippen molar-refractivity contribution < 1.29 is 34.4 Å². The molecule has 9 heteroatoms. The molecule has 0 heterocycles. The molecule has 0 aromatic carbocycles. The number of fused-ring (bicyclic) bond motifs is 5. The highest BCUT2D eigenvalue weighted by Gasteiger charge is 2.73. The van der Waals surface area contributed by atoms with Gasteiger partial charge in [0.05, 0.1) is 12.2 Å². The van der Waals surface area contributed by atoms with Crippen LogP contribution in [0.4, 0.5) is 4.39 Å². The van der Waals surface area contributed by atoms with Gasteiger partial charge in [0.25, 0.3) is 0 Å². The number of carbonyl (C=O) groups is 2. The average Bonchev–Trinajstić information content (AvgIpc) is 2.93. The van der Waals surface area contributed by atoms with E-state index in [2.05, 4.69) is 31.9 Å². The van der Waals surface area contributed by atoms with Crippen molar-refractivity contribution in [3.63, 3.8) is 0 Å². The normalized spacial score (nSPS) is 54.8. The Morgan fingerprint density at radius 1 is 1.23 bits per heavy atom. The number of halogens is 3. The number of Topliss-reactive ketones (excluding diaryl/α,β-unsaturated/α-hetero) is 2. The van der Waals surface area contributed by atoms with Crippen LogP contribution in [0.25, 0.3) is 0 Å². The number of rotatable bonds is 2. The van der Waals surface area contributed by atoms with Crippen molar-refractivity contribution in [3.05, 3.63) is 0 Å². The second-order valence-corrected chi connectivity index (χ2v) is 13.9. The lowest BCUT2D eigenvalue weighted by Gasteiger charge is -2.65. The summed E-state index contributed by atoms with van der Waals surface area (Å²) < 4.78 is 14.1. The summed E-state index contributed by atoms with van der Waals surface area (Å²) >= 11 is 6.58. The molecular formula is C21H29Br2FO6. The summed E-state index contributed by atoms with van der Waals surface area (Å²) in [5.41, 5.74) is -3.84. The van der Waals surface area contributed by atoms with Gasteiger partial charge in [-0.15, -0.1) is 0 Å². The molecule has 0 aliphatic heterocycles. The van der Waals surface area contributed by atoms with Crippen molar-refractivity contribution in [2.24, 2.45) is 34.5 Å². The first-order valence-electron chi connectivity index (χ1n) is 10.5. The summed E-state index contributed by atoms with van der Waals surface area (Å²) in [7, 11) is 0. The van der Waals surface area contributed by atoms with E-state index in [1.54, 1.807) is 13.8 Å². The average molecular weight is 556 g/mol. The molecule has 0 aromatic heterocycles. The highest BCUT2D eigenvalue weighted by molar-refractivity contribution is 9.26. The van der Waals surface area contributed by atoms with Crippen LogP contribution in [0.2, 0.25) is 0 Å². The van der Waals surface area contributed by atoms with Crippen molar-refractivity contribution in [1.29, 1.82) is 0 Å². The van der Waals surface area contributed by atoms with E-state index in [4.69, 9.17) is 0 Å². The third kappa shape index (κ3) is 2.65. The Bertz CT molecular complexity index is 775. The van der Waals surface area contributed by atoms with Crippen LogP contribution in [0.3, 0.4) is 0 Å². The lowest BCUT2D eigenvalue weighted by molar-refractivity contribution is -0.230. The predicted molar refractivity (Wildman–Crippen MR) is 113 cm³/mol. The molecule has 4 rings (SSSR count). The van der Waals surface area contributed by atoms with Crippen LogP contribution in [0.5, 0.6) is 0 Å². The number of aliphatic hydroxyl groups is 4. The largest absolute Gasteiger partial charge is 0.393 e. The molecule has 4 fully saturated rings. The minimum Gasteiger partial charge on any atom is -0.393 e. The predicted octanol–water partition coefficient (Wildman–Crippen LogP) is 1.88. The van der Waals surface area contributed by atoms with Gasteiger partial charge >= 0.3 is 0 Å². The van der Waals surface area contributed by atoms with Gasteiger partial charge in [-0.3, -0.25) is 9.59 Å². The van der Waals surface area contributed by atoms with Crippen LogP contribution >= 0.6 is 31.9 Å². The summed E-state index contributed by atoms with van der Waals surface area (Å²) in [4.78, 5) is 25.0. The maximum atomic E-state index is 15.5. The lowest BCUT2D eigenvalue weighted by atomic mass is 9.42. The molecule has 10 atom stereocenters. The monoisotopic (exact) mass is 554 g/mol. The zero-order chi connectivity index (χ0) is 22.4. The van der Waals surface area contributed by atoms with E-state index in [1.807, 2.05) is 0 Å². The Labute approximate surface area is 191 Å². The lowest BCUT2D eigenvalue weighted by Crippen LogP contribution is -2.70. The zero-order valence-electron chi connectivity index (χ0n) is 17.0. The quantitative estimate of drug-likeness (QED) is 0.387. The molecule has 170 valence electrons. The molecule has 0 radical (unpaired) electrons. The van der Waals surface area contributed by atoms with Crippen LogP contribution in [0.1, 0.15) is 46.0 Å². The Morgan fingerprint density at radius 3 is 2.47 bits per heavy atom. The fourth-order valence-corrected chi connectivity index (χ4v) is 9.14. The van der Waals surface area contributed by atoms with E-state index in [9.17, 15) is 30.0 Å². The SMILES string of the molecule is C[C@@]12C(CC(=O)C(Br)(Br)C1O)C(F)C[C@@H]1[C@@H]2C(O)C[C@@]2(C)[C@H]1CC[C@]2(O)C(=O)CO. The third-order valence-corrected chi connectivity index (χ3v) is 11.1. The van der Waals surface area contributed by atoms with Gasteiger partial charge in [0.15, 0.2) is 14.8 Å². The molecule has 4 aliphatic rings. The first-order valence-corrected chi connectivity index (χ1v) is 12.1. The summed E-state index contributed by atoms with van der Waals surface area (Å²) in [6.45, 7) is 2.71. The topological polar surface area (TPSA) is 115 Å². The van der Waals surface area contributed by atoms with Gasteiger partial charge in [-0.1, -0.05) is 45.7 Å². The van der Waals surface area contributed by atoms with Gasteiger partial charge in [-0.2, -0.15) is 0 Å². The van der Waals surface area contributed by atoms with Gasteiger partial charge < -0.3 is 20.4 Å². The minimum absolute atomic E-state index is 0.0456. The van der Waals surface area contributed by atoms with Gasteiger partial charge in [0.1, 0.15) is 18.4 Å². The molecule has 4 saturated carbocycles. The summed E-state index contributed by atoms with van der Waals surface area (Å²) in [5.74, 6) is -2.81. The molecule has 30 heavy (non-hydrogen) atoms. The Morgan fingerprint density at radius 2 is 1.87 bits per heavy atom. The number of hydrogen-bond acceptors (Lipinski definition) is 6. The Hall–Kier alpha value is 0.0700. The van der Waals surface area contributed by atoms with Gasteiger partial charge in [0, 0.05) is 23.2 Å². The van der Waals surface area contributed by atoms with Crippen LogP contribution in [-0.4, -0.2) is 65.8 Å². The van der Waals surface area contributed by atoms with Crippen molar-refractivity contribution in [1.82, 2.24) is 0 Å². The van der Waals surface area contributed by atoms with Crippen molar-refractivity contribution in [3.8, 4) is 0 Å². The molecule has 0 spiro atoms. The number of hydrogen-bond donors (Lipinski definition) is 4. The molecule has 4 unspecified atom stereocenters. The molecule has 0 bridgehead atoms. The second kappa shape index (κ2) is 7.03. The summed E-state index contributed by atoms with van der Waals surface area (Å²) in [6.07, 6.45) is -2.79. The first-order chi connectivity index (χ1) is 13.8. The third-order valence-electron chi connectivity index (χ3n) is 9.37. The number of carbonyl (C=O) groups excluding carboxylic acids is 2. The van der Waals surface area contributed by atoms with E-state index in [-0.39, 0.29) is 43.3 Å². The fraction of sp³-hybridized carbons (Fsp3) is 0.905. The summed E-state index contributed by atoms with van der Waals surface area (Å²) in [5, 5.41) is 43.2. The van der Waals surface area contributed by atoms with Crippen LogP contribution < -0.4 is 0 Å². The zero-order valence-corrected chi connectivity index (χ0v) is 20.2. The Balaban J connectivity index is 1.79. The number of ketones is 2. The van der Waals surface area contributed by atoms with Gasteiger partial charge in [-0.25, -0.2) is 4.39 Å². The molecular weight excluding hydrogens is 527 g/mol. The smallest absolute Gasteiger partial charge is 0.190 e. The van der Waals surface area contributed by atoms with E-state index in [0.29, 0.717) is 6.42 Å². The Kier molecular flexibility index (Phi) is 5.45. The minimum atomic E-state index is -1.77. The highest BCUT2D eigenvalue weighted by atomic mass is 79.9. The molecule has 4 aliphatic carbocycles. The van der Waals surface area contributed by atoms with Crippen LogP contribution in [0, 0.1) is 34.5 Å². The van der Waals surface area contributed by atoms with Gasteiger partial charge in [-0.05, 0) is 43.4 Å². The maximum Gasteiger partial charge on any atom is 0.190 e. The molecule has 0 saturated heterocycles. The summed E-state index contributed by atoms with van der Waals surface area (Å²) in [6, 6.07) is 0. The maximum absolute atomic E-state index is 15.5. The second-order valence-electron chi connectivity index (χ2n) is 10.3. The standard InChI is InChI=1S/C21H29Br2FO6/c1-18-7-13(26)16-9(10(18)3-4-20(18,30)15(28)8-25)5-12(24)11-6-14(27)21(22,23)17(29)19(11,16)2/h9-13,16-17,25-26,29-30H,3-8H2,1-2H3/t9-,10-,11?,12?,13?,16+,17?,18-,19-,20-/m0/s1. The number of aliphatic hydroxyl groups excluding tert-OH is 3. The van der Waals surface area contributed by atoms with Crippen LogP contribution in [0.15, 0.2) is 0 Å². The molecule has 0 amide bonds. The highest BCUT2D eigenvalue weighted by Crippen LogP contribution is 2.69. The van der Waals surface area contributed by atoms with E-state index >= 15 is 4.39 Å². The van der Waals surface area contributed by atoms with E-state index in [1.165, 1.54) is 0 Å².